The maximum Gasteiger partial charge on any atom is 0.236 e. The minimum Gasteiger partial charge on any atom is -0.474 e. The molecule has 0 spiro atoms. The van der Waals surface area contributed by atoms with E-state index in [1.807, 2.05) is 78.9 Å². The molecule has 3 heterocycles. The van der Waals surface area contributed by atoms with Crippen LogP contribution in [-0.2, 0) is 9.47 Å². The molecule has 2 aliphatic rings. The molecule has 0 N–H and O–H groups in total. The minimum atomic E-state index is -0.0620. The van der Waals surface area contributed by atoms with E-state index in [2.05, 4.69) is 36.1 Å². The number of hydrogen-bond acceptors (Lipinski definition) is 5. The maximum atomic E-state index is 5.99. The van der Waals surface area contributed by atoms with Crippen molar-refractivity contribution < 1.29 is 9.47 Å². The van der Waals surface area contributed by atoms with Crippen LogP contribution in [0.5, 0.6) is 0 Å². The molecule has 5 nitrogen and oxygen atoms in total. The molecule has 1 aromatic heterocycles. The van der Waals surface area contributed by atoms with Crippen molar-refractivity contribution >= 4 is 11.8 Å². The lowest BCUT2D eigenvalue weighted by Crippen LogP contribution is -2.11. The van der Waals surface area contributed by atoms with E-state index in [0.717, 1.165) is 22.3 Å². The molecule has 5 heteroatoms. The molecule has 0 bridgehead atoms. The van der Waals surface area contributed by atoms with Gasteiger partial charge in [-0.3, -0.25) is 0 Å². The molecule has 2 atom stereocenters. The Balaban J connectivity index is 1.37. The minimum absolute atomic E-state index is 0.0620. The molecule has 0 aliphatic carbocycles. The Morgan fingerprint density at radius 2 is 1.00 bits per heavy atom. The summed E-state index contributed by atoms with van der Waals surface area (Å²) < 4.78 is 12.0. The summed E-state index contributed by atoms with van der Waals surface area (Å²) in [6.07, 6.45) is 0. The quantitative estimate of drug-likeness (QED) is 0.370. The van der Waals surface area contributed by atoms with Crippen LogP contribution in [0, 0.1) is 11.8 Å². The van der Waals surface area contributed by atoms with Gasteiger partial charge >= 0.3 is 0 Å². The fraction of sp³-hybridized carbons (Fsp3) is 0.129. The summed E-state index contributed by atoms with van der Waals surface area (Å²) in [5.74, 6) is 7.50. The zero-order chi connectivity index (χ0) is 24.2. The zero-order valence-electron chi connectivity index (χ0n) is 19.5. The summed E-state index contributed by atoms with van der Waals surface area (Å²) in [5.41, 5.74) is 5.21. The second-order valence-corrected chi connectivity index (χ2v) is 8.59. The number of aliphatic imine (C=N–C) groups is 2. The van der Waals surface area contributed by atoms with E-state index in [1.165, 1.54) is 0 Å². The van der Waals surface area contributed by atoms with Gasteiger partial charge in [0.15, 0.2) is 0 Å². The van der Waals surface area contributed by atoms with Crippen LogP contribution in [0.3, 0.4) is 0 Å². The highest BCUT2D eigenvalue weighted by Crippen LogP contribution is 2.27. The summed E-state index contributed by atoms with van der Waals surface area (Å²) in [6, 6.07) is 33.9. The number of rotatable bonds is 4. The molecule has 0 radical (unpaired) electrons. The highest BCUT2D eigenvalue weighted by molar-refractivity contribution is 5.98. The highest BCUT2D eigenvalue weighted by Gasteiger charge is 2.26. The van der Waals surface area contributed by atoms with Crippen LogP contribution in [0.2, 0.25) is 0 Å². The molecule has 3 aromatic carbocycles. The third kappa shape index (κ3) is 4.75. The Labute approximate surface area is 210 Å². The molecular weight excluding hydrogens is 446 g/mol. The number of pyridine rings is 1. The smallest absolute Gasteiger partial charge is 0.236 e. The van der Waals surface area contributed by atoms with E-state index >= 15 is 0 Å². The van der Waals surface area contributed by atoms with Crippen molar-refractivity contribution in [3.05, 3.63) is 137 Å². The average Bonchev–Trinajstić information content (AvgIpc) is 3.65. The van der Waals surface area contributed by atoms with Crippen LogP contribution in [-0.4, -0.2) is 30.0 Å². The average molecular weight is 470 g/mol. The molecule has 0 fully saturated rings. The first-order valence-corrected chi connectivity index (χ1v) is 11.9. The lowest BCUT2D eigenvalue weighted by molar-refractivity contribution is 0.317. The van der Waals surface area contributed by atoms with Gasteiger partial charge in [0.25, 0.3) is 0 Å². The van der Waals surface area contributed by atoms with Gasteiger partial charge in [0.1, 0.15) is 36.7 Å². The Hall–Kier alpha value is -4.69. The van der Waals surface area contributed by atoms with E-state index in [-0.39, 0.29) is 12.1 Å². The monoisotopic (exact) mass is 469 g/mol. The summed E-state index contributed by atoms with van der Waals surface area (Å²) in [5, 5.41) is 0. The summed E-state index contributed by atoms with van der Waals surface area (Å²) >= 11 is 0. The Bertz CT molecular complexity index is 1400. The van der Waals surface area contributed by atoms with Crippen LogP contribution in [0.15, 0.2) is 113 Å². The Morgan fingerprint density at radius 1 is 0.556 bits per heavy atom. The summed E-state index contributed by atoms with van der Waals surface area (Å²) in [6.45, 7) is 0.952. The zero-order valence-corrected chi connectivity index (χ0v) is 19.5. The normalized spacial score (nSPS) is 18.3. The van der Waals surface area contributed by atoms with Gasteiger partial charge in [-0.2, -0.15) is 0 Å². The molecule has 36 heavy (non-hydrogen) atoms. The summed E-state index contributed by atoms with van der Waals surface area (Å²) in [7, 11) is 0. The first kappa shape index (κ1) is 21.8. The van der Waals surface area contributed by atoms with Crippen molar-refractivity contribution in [2.75, 3.05) is 13.2 Å². The van der Waals surface area contributed by atoms with E-state index in [4.69, 9.17) is 24.4 Å². The van der Waals surface area contributed by atoms with E-state index in [0.29, 0.717) is 36.4 Å². The van der Waals surface area contributed by atoms with Gasteiger partial charge in [0.2, 0.25) is 11.8 Å². The second-order valence-electron chi connectivity index (χ2n) is 8.59. The van der Waals surface area contributed by atoms with Crippen molar-refractivity contribution in [3.8, 4) is 11.8 Å². The largest absolute Gasteiger partial charge is 0.474 e. The molecule has 0 amide bonds. The number of hydrogen-bond donors (Lipinski definition) is 0. The van der Waals surface area contributed by atoms with Crippen molar-refractivity contribution in [1.29, 1.82) is 0 Å². The lowest BCUT2D eigenvalue weighted by atomic mass is 10.1. The van der Waals surface area contributed by atoms with E-state index < -0.39 is 0 Å². The van der Waals surface area contributed by atoms with Gasteiger partial charge in [-0.1, -0.05) is 90.7 Å². The first-order chi connectivity index (χ1) is 17.8. The fourth-order valence-corrected chi connectivity index (χ4v) is 4.21. The van der Waals surface area contributed by atoms with Crippen LogP contribution in [0.4, 0.5) is 0 Å². The predicted octanol–water partition coefficient (Wildman–Crippen LogP) is 5.52. The predicted molar refractivity (Wildman–Crippen MR) is 140 cm³/mol. The number of benzene rings is 3. The van der Waals surface area contributed by atoms with Gasteiger partial charge in [-0.25, -0.2) is 15.0 Å². The van der Waals surface area contributed by atoms with E-state index in [9.17, 15) is 0 Å². The first-order valence-electron chi connectivity index (χ1n) is 11.9. The van der Waals surface area contributed by atoms with Crippen molar-refractivity contribution in [2.24, 2.45) is 9.98 Å². The molecule has 0 unspecified atom stereocenters. The van der Waals surface area contributed by atoms with E-state index in [1.54, 1.807) is 0 Å². The van der Waals surface area contributed by atoms with Crippen molar-refractivity contribution in [2.45, 2.75) is 12.1 Å². The molecular formula is C31H23N3O2. The van der Waals surface area contributed by atoms with Gasteiger partial charge in [0.05, 0.1) is 0 Å². The maximum absolute atomic E-state index is 5.99. The van der Waals surface area contributed by atoms with Crippen LogP contribution in [0.25, 0.3) is 0 Å². The van der Waals surface area contributed by atoms with Gasteiger partial charge < -0.3 is 9.47 Å². The second kappa shape index (κ2) is 9.89. The van der Waals surface area contributed by atoms with Crippen LogP contribution < -0.4 is 0 Å². The van der Waals surface area contributed by atoms with Crippen molar-refractivity contribution in [1.82, 2.24) is 4.98 Å². The van der Waals surface area contributed by atoms with Crippen LogP contribution in [0.1, 0.15) is 45.7 Å². The SMILES string of the molecule is C(#Cc1cc(C2=N[C@@H](c3ccccc3)CO2)nc(C2=N[C@@H](c3ccccc3)CO2)c1)c1ccccc1. The molecule has 4 aromatic rings. The third-order valence-electron chi connectivity index (χ3n) is 6.06. The summed E-state index contributed by atoms with van der Waals surface area (Å²) in [4.78, 5) is 14.5. The fourth-order valence-electron chi connectivity index (χ4n) is 4.21. The third-order valence-corrected chi connectivity index (χ3v) is 6.06. The Morgan fingerprint density at radius 3 is 1.50 bits per heavy atom. The van der Waals surface area contributed by atoms with Gasteiger partial charge in [0, 0.05) is 11.1 Å². The molecule has 2 aliphatic heterocycles. The van der Waals surface area contributed by atoms with Crippen molar-refractivity contribution in [3.63, 3.8) is 0 Å². The standard InChI is InChI=1S/C31H23N3O2/c1-4-10-22(11-5-1)16-17-23-18-26(30-33-28(20-35-30)24-12-6-2-7-13-24)32-27(19-23)31-34-29(21-36-31)25-14-8-3-9-15-25/h1-15,18-19,28-29H,20-21H2/t28-,29-/m1/s1. The number of aromatic nitrogens is 1. The van der Waals surface area contributed by atoms with Crippen LogP contribution >= 0.6 is 0 Å². The highest BCUT2D eigenvalue weighted by atomic mass is 16.5. The lowest BCUT2D eigenvalue weighted by Gasteiger charge is -2.06. The van der Waals surface area contributed by atoms with Gasteiger partial charge in [-0.05, 0) is 35.4 Å². The number of ether oxygens (including phenoxy) is 2. The molecule has 174 valence electrons. The number of nitrogens with zero attached hydrogens (tertiary/aromatic N) is 3. The molecule has 0 saturated heterocycles. The topological polar surface area (TPSA) is 56.1 Å². The van der Waals surface area contributed by atoms with Gasteiger partial charge in [-0.15, -0.1) is 0 Å². The molecule has 6 rings (SSSR count). The molecule has 0 saturated carbocycles. The Kier molecular flexibility index (Phi) is 5.99.